The number of hydrogen-bond acceptors (Lipinski definition) is 4. The predicted molar refractivity (Wildman–Crippen MR) is 111 cm³/mol. The van der Waals surface area contributed by atoms with Crippen molar-refractivity contribution in [1.82, 2.24) is 24.7 Å². The van der Waals surface area contributed by atoms with Crippen molar-refractivity contribution in [2.75, 3.05) is 5.32 Å². The van der Waals surface area contributed by atoms with Crippen molar-refractivity contribution in [3.63, 3.8) is 0 Å². The molecule has 1 aromatic carbocycles. The highest BCUT2D eigenvalue weighted by Gasteiger charge is 2.36. The summed E-state index contributed by atoms with van der Waals surface area (Å²) in [6.07, 6.45) is 9.75. The van der Waals surface area contributed by atoms with Gasteiger partial charge in [-0.25, -0.2) is 18.7 Å². The number of anilines is 1. The lowest BCUT2D eigenvalue weighted by Gasteiger charge is -2.42. The minimum Gasteiger partial charge on any atom is -0.366 e. The summed E-state index contributed by atoms with van der Waals surface area (Å²) in [5.41, 5.74) is 1.51. The minimum atomic E-state index is -0.630. The highest BCUT2D eigenvalue weighted by molar-refractivity contribution is 5.96. The predicted octanol–water partition coefficient (Wildman–Crippen LogP) is 4.78. The van der Waals surface area contributed by atoms with Crippen LogP contribution in [0.15, 0.2) is 24.5 Å². The van der Waals surface area contributed by atoms with Gasteiger partial charge >= 0.3 is 0 Å². The van der Waals surface area contributed by atoms with E-state index in [0.29, 0.717) is 34.4 Å². The molecular weight excluding hydrogens is 386 g/mol. The number of benzene rings is 1. The van der Waals surface area contributed by atoms with E-state index < -0.39 is 11.6 Å². The van der Waals surface area contributed by atoms with Gasteiger partial charge < -0.3 is 10.3 Å². The van der Waals surface area contributed by atoms with E-state index in [4.69, 9.17) is 4.98 Å². The van der Waals surface area contributed by atoms with E-state index in [1.807, 2.05) is 7.05 Å². The highest BCUT2D eigenvalue weighted by atomic mass is 19.1. The molecule has 0 amide bonds. The van der Waals surface area contributed by atoms with Gasteiger partial charge in [0.15, 0.2) is 11.5 Å². The maximum atomic E-state index is 14.2. The van der Waals surface area contributed by atoms with Crippen molar-refractivity contribution in [2.45, 2.75) is 38.1 Å². The van der Waals surface area contributed by atoms with Crippen LogP contribution in [0.5, 0.6) is 0 Å². The van der Waals surface area contributed by atoms with Gasteiger partial charge in [0.05, 0.1) is 17.1 Å². The molecule has 2 bridgehead atoms. The van der Waals surface area contributed by atoms with Crippen molar-refractivity contribution in [1.29, 1.82) is 0 Å². The molecular formula is C22H22F2N6. The number of halogens is 2. The van der Waals surface area contributed by atoms with Crippen molar-refractivity contribution < 1.29 is 8.78 Å². The lowest BCUT2D eigenvalue weighted by Crippen LogP contribution is -2.40. The minimum absolute atomic E-state index is 0.249. The van der Waals surface area contributed by atoms with Crippen molar-refractivity contribution in [2.24, 2.45) is 18.9 Å². The molecule has 6 nitrogen and oxygen atoms in total. The summed E-state index contributed by atoms with van der Waals surface area (Å²) >= 11 is 0. The van der Waals surface area contributed by atoms with Crippen LogP contribution in [0, 0.1) is 23.5 Å². The molecule has 1 unspecified atom stereocenters. The second kappa shape index (κ2) is 6.48. The fourth-order valence-electron chi connectivity index (χ4n) is 5.32. The van der Waals surface area contributed by atoms with Crippen molar-refractivity contribution in [3.05, 3.63) is 36.2 Å². The Morgan fingerprint density at radius 1 is 1.10 bits per heavy atom. The number of nitrogens with one attached hydrogen (secondary N) is 2. The smallest absolute Gasteiger partial charge is 0.166 e. The molecule has 30 heavy (non-hydrogen) atoms. The Bertz CT molecular complexity index is 1270. The second-order valence-electron chi connectivity index (χ2n) is 8.68. The van der Waals surface area contributed by atoms with Gasteiger partial charge in [-0.3, -0.25) is 4.68 Å². The molecule has 2 N–H and O–H groups in total. The Balaban J connectivity index is 1.49. The fourth-order valence-corrected chi connectivity index (χ4v) is 5.32. The van der Waals surface area contributed by atoms with Crippen LogP contribution in [-0.4, -0.2) is 30.8 Å². The van der Waals surface area contributed by atoms with Crippen LogP contribution in [0.2, 0.25) is 0 Å². The molecule has 7 rings (SSSR count). The molecule has 3 aromatic heterocycles. The van der Waals surface area contributed by atoms with E-state index in [1.54, 1.807) is 17.1 Å². The normalized spacial score (nSPS) is 23.5. The number of H-pyrrole nitrogens is 1. The number of aryl methyl sites for hydroxylation is 1. The van der Waals surface area contributed by atoms with Gasteiger partial charge in [-0.05, 0) is 37.2 Å². The first-order valence-corrected chi connectivity index (χ1v) is 10.5. The van der Waals surface area contributed by atoms with Crippen LogP contribution in [0.3, 0.4) is 0 Å². The number of aromatic amines is 1. The summed E-state index contributed by atoms with van der Waals surface area (Å²) in [6.45, 7) is 0. The number of aromatic nitrogens is 5. The Kier molecular flexibility index (Phi) is 3.85. The topological polar surface area (TPSA) is 71.4 Å². The largest absolute Gasteiger partial charge is 0.366 e. The van der Waals surface area contributed by atoms with Crippen LogP contribution in [0.1, 0.15) is 32.1 Å². The number of rotatable bonds is 3. The summed E-state index contributed by atoms with van der Waals surface area (Å²) in [5.74, 6) is 1.36. The van der Waals surface area contributed by atoms with Crippen LogP contribution in [-0.2, 0) is 7.05 Å². The zero-order valence-electron chi connectivity index (χ0n) is 16.6. The quantitative estimate of drug-likeness (QED) is 0.512. The molecule has 3 heterocycles. The molecule has 3 saturated carbocycles. The van der Waals surface area contributed by atoms with Crippen LogP contribution in [0.25, 0.3) is 33.3 Å². The third-order valence-electron chi connectivity index (χ3n) is 6.91. The molecule has 0 spiro atoms. The fraction of sp³-hybridized carbons (Fsp3) is 0.409. The molecule has 154 valence electrons. The van der Waals surface area contributed by atoms with Crippen LogP contribution in [0.4, 0.5) is 14.6 Å². The Morgan fingerprint density at radius 2 is 1.93 bits per heavy atom. The maximum Gasteiger partial charge on any atom is 0.166 e. The van der Waals surface area contributed by atoms with E-state index in [1.165, 1.54) is 31.7 Å². The third-order valence-corrected chi connectivity index (χ3v) is 6.91. The summed E-state index contributed by atoms with van der Waals surface area (Å²) in [7, 11) is 1.83. The van der Waals surface area contributed by atoms with Gasteiger partial charge in [-0.15, -0.1) is 0 Å². The Hall–Kier alpha value is -3.03. The van der Waals surface area contributed by atoms with E-state index in [2.05, 4.69) is 20.4 Å². The molecule has 0 radical (unpaired) electrons. The van der Waals surface area contributed by atoms with Gasteiger partial charge in [-0.1, -0.05) is 12.8 Å². The summed E-state index contributed by atoms with van der Waals surface area (Å²) in [5, 5.41) is 9.32. The lowest BCUT2D eigenvalue weighted by molar-refractivity contribution is 0.157. The maximum absolute atomic E-state index is 14.2. The van der Waals surface area contributed by atoms with Crippen molar-refractivity contribution in [3.8, 4) is 11.4 Å². The summed E-state index contributed by atoms with van der Waals surface area (Å²) < 4.78 is 29.8. The Labute approximate surface area is 171 Å². The van der Waals surface area contributed by atoms with Crippen LogP contribution >= 0.6 is 0 Å². The average molecular weight is 408 g/mol. The van der Waals surface area contributed by atoms with E-state index >= 15 is 0 Å². The van der Waals surface area contributed by atoms with E-state index in [9.17, 15) is 8.78 Å². The molecule has 0 aliphatic heterocycles. The zero-order valence-corrected chi connectivity index (χ0v) is 16.6. The average Bonchev–Trinajstić information content (AvgIpc) is 3.33. The van der Waals surface area contributed by atoms with E-state index in [-0.39, 0.29) is 5.52 Å². The molecule has 3 fully saturated rings. The van der Waals surface area contributed by atoms with Gasteiger partial charge in [0.2, 0.25) is 0 Å². The number of fused-ring (bicyclic) bond motifs is 5. The van der Waals surface area contributed by atoms with Gasteiger partial charge in [0.1, 0.15) is 17.5 Å². The molecule has 4 aromatic rings. The number of nitrogens with zero attached hydrogens (tertiary/aromatic N) is 4. The zero-order chi connectivity index (χ0) is 20.4. The Morgan fingerprint density at radius 3 is 2.70 bits per heavy atom. The standard InChI is InChI=1S/C22H22F2N6/c1-30-22-16(10-26-30)21(27-18-6-11-2-4-12(18)5-3-11)28-20(29-22)15-9-25-19-14(15)7-13(23)8-17(19)24/h7-12,18,25H,2-6H2,1H3,(H,27,28,29). The molecule has 3 aliphatic carbocycles. The van der Waals surface area contributed by atoms with Crippen molar-refractivity contribution >= 4 is 27.8 Å². The monoisotopic (exact) mass is 408 g/mol. The SMILES string of the molecule is Cn1ncc2c(NC3CC4CCC3CC4)nc(-c3c[nH]c4c(F)cc(F)cc34)nc21. The molecule has 8 heteroatoms. The third kappa shape index (κ3) is 2.69. The molecule has 1 atom stereocenters. The molecule has 3 aliphatic rings. The summed E-state index contributed by atoms with van der Waals surface area (Å²) in [6, 6.07) is 2.58. The first-order chi connectivity index (χ1) is 14.6. The van der Waals surface area contributed by atoms with Gasteiger partial charge in [0, 0.05) is 36.3 Å². The van der Waals surface area contributed by atoms with Gasteiger partial charge in [-0.2, -0.15) is 5.10 Å². The number of hydrogen-bond donors (Lipinski definition) is 2. The highest BCUT2D eigenvalue weighted by Crippen LogP contribution is 2.43. The second-order valence-corrected chi connectivity index (χ2v) is 8.68. The first kappa shape index (κ1) is 17.8. The van der Waals surface area contributed by atoms with Gasteiger partial charge in [0.25, 0.3) is 0 Å². The lowest BCUT2D eigenvalue weighted by atomic mass is 9.68. The first-order valence-electron chi connectivity index (χ1n) is 10.5. The summed E-state index contributed by atoms with van der Waals surface area (Å²) in [4.78, 5) is 12.4. The molecule has 0 saturated heterocycles. The van der Waals surface area contributed by atoms with E-state index in [0.717, 1.165) is 29.6 Å². The van der Waals surface area contributed by atoms with Crippen LogP contribution < -0.4 is 5.32 Å².